The molecule has 0 aliphatic rings. The van der Waals surface area contributed by atoms with Crippen LogP contribution in [-0.2, 0) is 13.0 Å². The van der Waals surface area contributed by atoms with Gasteiger partial charge in [-0.2, -0.15) is 0 Å². The summed E-state index contributed by atoms with van der Waals surface area (Å²) >= 11 is 0. The highest BCUT2D eigenvalue weighted by atomic mass is 19.1. The number of aliphatic hydroxyl groups is 1. The Morgan fingerprint density at radius 3 is 2.73 bits per heavy atom. The minimum absolute atomic E-state index is 0.127. The second kappa shape index (κ2) is 6.23. The summed E-state index contributed by atoms with van der Waals surface area (Å²) in [6, 6.07) is 8.45. The van der Waals surface area contributed by atoms with Gasteiger partial charge in [-0.1, -0.05) is 12.1 Å². The Hall–Kier alpha value is -2.27. The quantitative estimate of drug-likeness (QED) is 0.788. The zero-order valence-corrected chi connectivity index (χ0v) is 12.5. The zero-order chi connectivity index (χ0) is 15.5. The average Bonchev–Trinajstić information content (AvgIpc) is 2.83. The van der Waals surface area contributed by atoms with E-state index in [1.165, 1.54) is 12.1 Å². The molecule has 2 heterocycles. The molecule has 1 N–H and O–H groups in total. The summed E-state index contributed by atoms with van der Waals surface area (Å²) in [4.78, 5) is 9.14. The molecule has 4 nitrogen and oxygen atoms in total. The van der Waals surface area contributed by atoms with Crippen LogP contribution in [0, 0.1) is 12.7 Å². The fourth-order valence-corrected chi connectivity index (χ4v) is 2.54. The van der Waals surface area contributed by atoms with Gasteiger partial charge in [-0.3, -0.25) is 0 Å². The molecule has 114 valence electrons. The van der Waals surface area contributed by atoms with Crippen molar-refractivity contribution in [1.82, 2.24) is 14.5 Å². The van der Waals surface area contributed by atoms with Gasteiger partial charge < -0.3 is 9.67 Å². The predicted octanol–water partition coefficient (Wildman–Crippen LogP) is 2.85. The van der Waals surface area contributed by atoms with Gasteiger partial charge in [-0.25, -0.2) is 14.4 Å². The molecular formula is C17H18FN3O. The first-order chi connectivity index (χ1) is 10.7. The molecule has 3 aromatic rings. The molecule has 2 aromatic heterocycles. The number of hydrogen-bond acceptors (Lipinski definition) is 3. The van der Waals surface area contributed by atoms with E-state index in [0.29, 0.717) is 19.4 Å². The van der Waals surface area contributed by atoms with E-state index in [2.05, 4.69) is 9.97 Å². The lowest BCUT2D eigenvalue weighted by Crippen LogP contribution is -2.07. The number of benzene rings is 1. The smallest absolute Gasteiger partial charge is 0.160 e. The first kappa shape index (κ1) is 14.7. The van der Waals surface area contributed by atoms with E-state index in [9.17, 15) is 4.39 Å². The van der Waals surface area contributed by atoms with Gasteiger partial charge in [0.15, 0.2) is 5.65 Å². The standard InChI is InChI=1S/C17H18FN3O/c1-12-9-15-17(19-11-12)21(7-2-8-22)16(20-15)10-13-3-5-14(18)6-4-13/h3-6,9,11,22H,2,7-8,10H2,1H3. The second-order valence-corrected chi connectivity index (χ2v) is 5.42. The van der Waals surface area contributed by atoms with Crippen LogP contribution in [0.1, 0.15) is 23.4 Å². The van der Waals surface area contributed by atoms with Crippen LogP contribution in [0.15, 0.2) is 36.5 Å². The molecule has 0 bridgehead atoms. The number of nitrogens with zero attached hydrogens (tertiary/aromatic N) is 3. The number of hydrogen-bond donors (Lipinski definition) is 1. The van der Waals surface area contributed by atoms with E-state index < -0.39 is 0 Å². The second-order valence-electron chi connectivity index (χ2n) is 5.42. The Morgan fingerprint density at radius 2 is 2.00 bits per heavy atom. The van der Waals surface area contributed by atoms with Crippen LogP contribution in [0.5, 0.6) is 0 Å². The van der Waals surface area contributed by atoms with E-state index in [1.807, 2.05) is 23.8 Å². The third-order valence-electron chi connectivity index (χ3n) is 3.62. The maximum Gasteiger partial charge on any atom is 0.160 e. The van der Waals surface area contributed by atoms with Crippen molar-refractivity contribution < 1.29 is 9.50 Å². The summed E-state index contributed by atoms with van der Waals surface area (Å²) in [5.41, 5.74) is 3.75. The van der Waals surface area contributed by atoms with Crippen LogP contribution in [0.25, 0.3) is 11.2 Å². The Labute approximate surface area is 128 Å². The van der Waals surface area contributed by atoms with Crippen molar-refractivity contribution in [3.63, 3.8) is 0 Å². The lowest BCUT2D eigenvalue weighted by atomic mass is 10.1. The normalized spacial score (nSPS) is 11.2. The van der Waals surface area contributed by atoms with Crippen molar-refractivity contribution in [3.8, 4) is 0 Å². The molecule has 0 fully saturated rings. The maximum atomic E-state index is 13.0. The average molecular weight is 299 g/mol. The molecule has 0 radical (unpaired) electrons. The third kappa shape index (κ3) is 2.99. The largest absolute Gasteiger partial charge is 0.396 e. The zero-order valence-electron chi connectivity index (χ0n) is 12.5. The van der Waals surface area contributed by atoms with Gasteiger partial charge in [0.25, 0.3) is 0 Å². The predicted molar refractivity (Wildman–Crippen MR) is 83.2 cm³/mol. The summed E-state index contributed by atoms with van der Waals surface area (Å²) < 4.78 is 15.1. The Balaban J connectivity index is 2.00. The third-order valence-corrected chi connectivity index (χ3v) is 3.62. The summed E-state index contributed by atoms with van der Waals surface area (Å²) in [5, 5.41) is 9.10. The van der Waals surface area contributed by atoms with Gasteiger partial charge in [0, 0.05) is 25.8 Å². The lowest BCUT2D eigenvalue weighted by molar-refractivity contribution is 0.280. The van der Waals surface area contributed by atoms with Crippen molar-refractivity contribution in [2.75, 3.05) is 6.61 Å². The topological polar surface area (TPSA) is 50.9 Å². The highest BCUT2D eigenvalue weighted by Gasteiger charge is 2.12. The highest BCUT2D eigenvalue weighted by molar-refractivity contribution is 5.72. The van der Waals surface area contributed by atoms with E-state index >= 15 is 0 Å². The fourth-order valence-electron chi connectivity index (χ4n) is 2.54. The van der Waals surface area contributed by atoms with Crippen molar-refractivity contribution >= 4 is 11.2 Å². The molecule has 0 saturated heterocycles. The van der Waals surface area contributed by atoms with E-state index in [-0.39, 0.29) is 12.4 Å². The van der Waals surface area contributed by atoms with Gasteiger partial charge in [0.2, 0.25) is 0 Å². The number of imidazole rings is 1. The monoisotopic (exact) mass is 299 g/mol. The van der Waals surface area contributed by atoms with Crippen LogP contribution in [0.3, 0.4) is 0 Å². The number of pyridine rings is 1. The molecule has 0 saturated carbocycles. The van der Waals surface area contributed by atoms with Gasteiger partial charge in [0.05, 0.1) is 0 Å². The molecular weight excluding hydrogens is 281 g/mol. The number of rotatable bonds is 5. The highest BCUT2D eigenvalue weighted by Crippen LogP contribution is 2.18. The van der Waals surface area contributed by atoms with E-state index in [1.54, 1.807) is 12.1 Å². The Morgan fingerprint density at radius 1 is 1.23 bits per heavy atom. The number of halogens is 1. The number of aliphatic hydroxyl groups excluding tert-OH is 1. The van der Waals surface area contributed by atoms with E-state index in [4.69, 9.17) is 5.11 Å². The summed E-state index contributed by atoms with van der Waals surface area (Å²) in [7, 11) is 0. The molecule has 0 spiro atoms. The molecule has 0 aliphatic carbocycles. The van der Waals surface area contributed by atoms with Crippen molar-refractivity contribution in [1.29, 1.82) is 0 Å². The number of aromatic nitrogens is 3. The summed E-state index contributed by atoms with van der Waals surface area (Å²) in [6.45, 7) is 2.78. The van der Waals surface area contributed by atoms with Gasteiger partial charge >= 0.3 is 0 Å². The Kier molecular flexibility index (Phi) is 4.15. The Bertz CT molecular complexity index is 780. The summed E-state index contributed by atoms with van der Waals surface area (Å²) in [5.74, 6) is 0.642. The van der Waals surface area contributed by atoms with Crippen LogP contribution >= 0.6 is 0 Å². The molecule has 0 atom stereocenters. The van der Waals surface area contributed by atoms with Crippen molar-refractivity contribution in [2.45, 2.75) is 26.3 Å². The minimum Gasteiger partial charge on any atom is -0.396 e. The van der Waals surface area contributed by atoms with Crippen LogP contribution in [0.2, 0.25) is 0 Å². The van der Waals surface area contributed by atoms with Crippen LogP contribution in [-0.4, -0.2) is 26.2 Å². The summed E-state index contributed by atoms with van der Waals surface area (Å²) in [6.07, 6.45) is 3.08. The molecule has 22 heavy (non-hydrogen) atoms. The molecule has 0 amide bonds. The molecule has 5 heteroatoms. The first-order valence-corrected chi connectivity index (χ1v) is 7.34. The fraction of sp³-hybridized carbons (Fsp3) is 0.294. The van der Waals surface area contributed by atoms with Gasteiger partial charge in [-0.15, -0.1) is 0 Å². The van der Waals surface area contributed by atoms with Gasteiger partial charge in [0.1, 0.15) is 17.2 Å². The van der Waals surface area contributed by atoms with Crippen LogP contribution < -0.4 is 0 Å². The number of fused-ring (bicyclic) bond motifs is 1. The molecule has 0 unspecified atom stereocenters. The SMILES string of the molecule is Cc1cnc2c(c1)nc(Cc1ccc(F)cc1)n2CCCO. The molecule has 0 aliphatic heterocycles. The first-order valence-electron chi connectivity index (χ1n) is 7.34. The molecule has 1 aromatic carbocycles. The molecule has 3 rings (SSSR count). The van der Waals surface area contributed by atoms with Crippen LogP contribution in [0.4, 0.5) is 4.39 Å². The van der Waals surface area contributed by atoms with Gasteiger partial charge in [-0.05, 0) is 42.7 Å². The van der Waals surface area contributed by atoms with Crippen molar-refractivity contribution in [2.24, 2.45) is 0 Å². The number of aryl methyl sites for hydroxylation is 2. The minimum atomic E-state index is -0.241. The lowest BCUT2D eigenvalue weighted by Gasteiger charge is -2.08. The van der Waals surface area contributed by atoms with E-state index in [0.717, 1.165) is 28.1 Å². The maximum absolute atomic E-state index is 13.0. The van der Waals surface area contributed by atoms with Crippen molar-refractivity contribution in [3.05, 3.63) is 59.3 Å².